The zero-order valence-electron chi connectivity index (χ0n) is 10.5. The maximum Gasteiger partial charge on any atom is 0.259 e. The van der Waals surface area contributed by atoms with Gasteiger partial charge in [-0.05, 0) is 44.5 Å². The maximum atomic E-state index is 12.0. The number of hydrogen-bond acceptors (Lipinski definition) is 2. The van der Waals surface area contributed by atoms with Crippen LogP contribution in [0, 0.1) is 20.8 Å². The minimum absolute atomic E-state index is 0.190. The lowest BCUT2D eigenvalue weighted by molar-refractivity contribution is 0.102. The van der Waals surface area contributed by atoms with Gasteiger partial charge in [-0.15, -0.1) is 0 Å². The Bertz CT molecular complexity index is 602. The number of benzene rings is 1. The van der Waals surface area contributed by atoms with Gasteiger partial charge < -0.3 is 9.73 Å². The van der Waals surface area contributed by atoms with Crippen LogP contribution in [-0.4, -0.2) is 5.91 Å². The fourth-order valence-corrected chi connectivity index (χ4v) is 1.91. The quantitative estimate of drug-likeness (QED) is 0.886. The topological polar surface area (TPSA) is 42.2 Å². The first kappa shape index (κ1) is 12.7. The lowest BCUT2D eigenvalue weighted by atomic mass is 10.2. The number of anilines is 1. The van der Waals surface area contributed by atoms with Crippen LogP contribution < -0.4 is 5.32 Å². The fraction of sp³-hybridized carbons (Fsp3) is 0.214. The zero-order chi connectivity index (χ0) is 13.3. The number of carbonyl (C=O) groups excluding carboxylic acids is 1. The minimum atomic E-state index is -0.190. The van der Waals surface area contributed by atoms with Gasteiger partial charge in [0.15, 0.2) is 0 Å². The number of rotatable bonds is 2. The van der Waals surface area contributed by atoms with Crippen molar-refractivity contribution in [3.8, 4) is 0 Å². The summed E-state index contributed by atoms with van der Waals surface area (Å²) in [4.78, 5) is 12.0. The second-order valence-corrected chi connectivity index (χ2v) is 4.65. The SMILES string of the molecule is Cc1cc(C(=O)Nc2ccc(C)c(Cl)c2)c(C)o1. The average molecular weight is 264 g/mol. The molecule has 0 fully saturated rings. The number of furan rings is 1. The van der Waals surface area contributed by atoms with E-state index in [4.69, 9.17) is 16.0 Å². The molecule has 0 aliphatic heterocycles. The van der Waals surface area contributed by atoms with Gasteiger partial charge in [0.1, 0.15) is 11.5 Å². The molecule has 1 aromatic carbocycles. The van der Waals surface area contributed by atoms with E-state index in [2.05, 4.69) is 5.32 Å². The van der Waals surface area contributed by atoms with Gasteiger partial charge in [-0.25, -0.2) is 0 Å². The molecular formula is C14H14ClNO2. The van der Waals surface area contributed by atoms with E-state index in [0.29, 0.717) is 22.0 Å². The highest BCUT2D eigenvalue weighted by molar-refractivity contribution is 6.31. The molecule has 1 N–H and O–H groups in total. The number of aryl methyl sites for hydroxylation is 3. The van der Waals surface area contributed by atoms with Gasteiger partial charge in [0.25, 0.3) is 5.91 Å². The second kappa shape index (κ2) is 4.86. The van der Waals surface area contributed by atoms with Gasteiger partial charge in [-0.2, -0.15) is 0 Å². The first-order chi connectivity index (χ1) is 8.47. The van der Waals surface area contributed by atoms with Crippen molar-refractivity contribution in [1.29, 1.82) is 0 Å². The van der Waals surface area contributed by atoms with Crippen LogP contribution in [0.15, 0.2) is 28.7 Å². The lowest BCUT2D eigenvalue weighted by Gasteiger charge is -2.06. The van der Waals surface area contributed by atoms with Crippen molar-refractivity contribution in [1.82, 2.24) is 0 Å². The average Bonchev–Trinajstić information content (AvgIpc) is 2.63. The number of halogens is 1. The van der Waals surface area contributed by atoms with Gasteiger partial charge in [0, 0.05) is 10.7 Å². The van der Waals surface area contributed by atoms with Crippen molar-refractivity contribution in [2.24, 2.45) is 0 Å². The highest BCUT2D eigenvalue weighted by atomic mass is 35.5. The third kappa shape index (κ3) is 2.57. The van der Waals surface area contributed by atoms with E-state index in [9.17, 15) is 4.79 Å². The molecule has 0 atom stereocenters. The highest BCUT2D eigenvalue weighted by Crippen LogP contribution is 2.21. The van der Waals surface area contributed by atoms with E-state index in [1.54, 1.807) is 19.1 Å². The number of hydrogen-bond donors (Lipinski definition) is 1. The van der Waals surface area contributed by atoms with Crippen molar-refractivity contribution < 1.29 is 9.21 Å². The van der Waals surface area contributed by atoms with E-state index in [1.165, 1.54) is 0 Å². The van der Waals surface area contributed by atoms with Crippen molar-refractivity contribution in [2.75, 3.05) is 5.32 Å². The Morgan fingerprint density at radius 1 is 1.22 bits per heavy atom. The van der Waals surface area contributed by atoms with Crippen LogP contribution in [0.25, 0.3) is 0 Å². The van der Waals surface area contributed by atoms with Gasteiger partial charge in [-0.1, -0.05) is 17.7 Å². The predicted molar refractivity (Wildman–Crippen MR) is 72.3 cm³/mol. The molecule has 1 amide bonds. The molecule has 0 bridgehead atoms. The van der Waals surface area contributed by atoms with E-state index in [0.717, 1.165) is 11.3 Å². The molecule has 1 aromatic heterocycles. The van der Waals surface area contributed by atoms with Gasteiger partial charge >= 0.3 is 0 Å². The summed E-state index contributed by atoms with van der Waals surface area (Å²) < 4.78 is 5.33. The van der Waals surface area contributed by atoms with Gasteiger partial charge in [0.05, 0.1) is 5.56 Å². The third-order valence-electron chi connectivity index (χ3n) is 2.72. The van der Waals surface area contributed by atoms with Crippen LogP contribution in [0.5, 0.6) is 0 Å². The second-order valence-electron chi connectivity index (χ2n) is 4.24. The molecule has 2 aromatic rings. The zero-order valence-corrected chi connectivity index (χ0v) is 11.3. The predicted octanol–water partition coefficient (Wildman–Crippen LogP) is 4.11. The summed E-state index contributed by atoms with van der Waals surface area (Å²) in [5.41, 5.74) is 2.20. The molecule has 18 heavy (non-hydrogen) atoms. The standard InChI is InChI=1S/C14H14ClNO2/c1-8-4-5-11(7-13(8)15)16-14(17)12-6-9(2)18-10(12)3/h4-7H,1-3H3,(H,16,17). The van der Waals surface area contributed by atoms with E-state index >= 15 is 0 Å². The molecule has 0 unspecified atom stereocenters. The maximum absolute atomic E-state index is 12.0. The van der Waals surface area contributed by atoms with Crippen molar-refractivity contribution in [2.45, 2.75) is 20.8 Å². The van der Waals surface area contributed by atoms with E-state index in [1.807, 2.05) is 26.0 Å². The van der Waals surface area contributed by atoms with E-state index < -0.39 is 0 Å². The highest BCUT2D eigenvalue weighted by Gasteiger charge is 2.13. The number of carbonyl (C=O) groups is 1. The summed E-state index contributed by atoms with van der Waals surface area (Å²) in [7, 11) is 0. The molecule has 0 spiro atoms. The van der Waals surface area contributed by atoms with Crippen LogP contribution >= 0.6 is 11.6 Å². The van der Waals surface area contributed by atoms with Crippen LogP contribution in [0.4, 0.5) is 5.69 Å². The first-order valence-corrected chi connectivity index (χ1v) is 5.99. The lowest BCUT2D eigenvalue weighted by Crippen LogP contribution is -2.12. The minimum Gasteiger partial charge on any atom is -0.466 e. The number of nitrogens with one attached hydrogen (secondary N) is 1. The van der Waals surface area contributed by atoms with Crippen molar-refractivity contribution in [3.05, 3.63) is 51.9 Å². The Morgan fingerprint density at radius 2 is 1.94 bits per heavy atom. The Kier molecular flexibility index (Phi) is 3.43. The fourth-order valence-electron chi connectivity index (χ4n) is 1.73. The first-order valence-electron chi connectivity index (χ1n) is 5.62. The van der Waals surface area contributed by atoms with E-state index in [-0.39, 0.29) is 5.91 Å². The smallest absolute Gasteiger partial charge is 0.259 e. The molecule has 0 saturated carbocycles. The van der Waals surface area contributed by atoms with Gasteiger partial charge in [0.2, 0.25) is 0 Å². The summed E-state index contributed by atoms with van der Waals surface area (Å²) in [5.74, 6) is 1.15. The molecule has 0 aliphatic rings. The molecule has 0 radical (unpaired) electrons. The normalized spacial score (nSPS) is 10.4. The molecule has 94 valence electrons. The molecule has 1 heterocycles. The Labute approximate surface area is 111 Å². The summed E-state index contributed by atoms with van der Waals surface area (Å²) in [6.45, 7) is 5.49. The number of amides is 1. The Balaban J connectivity index is 2.21. The third-order valence-corrected chi connectivity index (χ3v) is 3.12. The molecule has 3 nitrogen and oxygen atoms in total. The molecule has 0 saturated heterocycles. The molecule has 4 heteroatoms. The van der Waals surface area contributed by atoms with Crippen molar-refractivity contribution in [3.63, 3.8) is 0 Å². The van der Waals surface area contributed by atoms with Crippen LogP contribution in [-0.2, 0) is 0 Å². The largest absolute Gasteiger partial charge is 0.466 e. The van der Waals surface area contributed by atoms with Crippen LogP contribution in [0.3, 0.4) is 0 Å². The van der Waals surface area contributed by atoms with Crippen molar-refractivity contribution >= 4 is 23.2 Å². The summed E-state index contributed by atoms with van der Waals surface area (Å²) in [5, 5.41) is 3.43. The molecule has 0 aliphatic carbocycles. The Hall–Kier alpha value is -1.74. The van der Waals surface area contributed by atoms with Crippen LogP contribution in [0.2, 0.25) is 5.02 Å². The van der Waals surface area contributed by atoms with Crippen LogP contribution in [0.1, 0.15) is 27.4 Å². The summed E-state index contributed by atoms with van der Waals surface area (Å²) >= 11 is 6.01. The van der Waals surface area contributed by atoms with Gasteiger partial charge in [-0.3, -0.25) is 4.79 Å². The molecular weight excluding hydrogens is 250 g/mol. The Morgan fingerprint density at radius 3 is 2.50 bits per heavy atom. The molecule has 2 rings (SSSR count). The summed E-state index contributed by atoms with van der Waals surface area (Å²) in [6, 6.07) is 7.14. The summed E-state index contributed by atoms with van der Waals surface area (Å²) in [6.07, 6.45) is 0. The monoisotopic (exact) mass is 263 g/mol.